The number of nitrogens with two attached hydrogens (primary N) is 1. The van der Waals surface area contributed by atoms with E-state index in [0.717, 1.165) is 32.7 Å². The molecule has 1 heterocycles. The van der Waals surface area contributed by atoms with Crippen molar-refractivity contribution in [3.8, 4) is 0 Å². The molecule has 1 aliphatic heterocycles. The Balaban J connectivity index is 2.33. The lowest BCUT2D eigenvalue weighted by Gasteiger charge is -2.29. The monoisotopic (exact) mass is 258 g/mol. The van der Waals surface area contributed by atoms with Crippen LogP contribution in [0.4, 0.5) is 0 Å². The largest absolute Gasteiger partial charge is 0.393 e. The number of thiocarbonyl (C=S) groups is 1. The molecule has 0 bridgehead atoms. The Morgan fingerprint density at radius 2 is 2.24 bits per heavy atom. The minimum atomic E-state index is -0.0424. The first-order valence-electron chi connectivity index (χ1n) is 6.59. The van der Waals surface area contributed by atoms with Crippen LogP contribution in [0.1, 0.15) is 40.0 Å². The summed E-state index contributed by atoms with van der Waals surface area (Å²) in [5.41, 5.74) is 5.71. The molecule has 4 heteroatoms. The zero-order chi connectivity index (χ0) is 12.9. The number of ether oxygens (including phenoxy) is 1. The summed E-state index contributed by atoms with van der Waals surface area (Å²) in [6.45, 7) is 10.5. The highest BCUT2D eigenvalue weighted by molar-refractivity contribution is 7.80. The van der Waals surface area contributed by atoms with Crippen LogP contribution < -0.4 is 5.73 Å². The van der Waals surface area contributed by atoms with E-state index in [1.807, 2.05) is 0 Å². The topological polar surface area (TPSA) is 38.5 Å². The van der Waals surface area contributed by atoms with Gasteiger partial charge in [-0.1, -0.05) is 33.0 Å². The molecule has 0 aliphatic carbocycles. The van der Waals surface area contributed by atoms with E-state index in [2.05, 4.69) is 25.7 Å². The van der Waals surface area contributed by atoms with E-state index in [1.165, 1.54) is 12.8 Å². The van der Waals surface area contributed by atoms with Crippen molar-refractivity contribution >= 4 is 17.2 Å². The van der Waals surface area contributed by atoms with Crippen molar-refractivity contribution in [2.75, 3.05) is 26.2 Å². The van der Waals surface area contributed by atoms with E-state index in [9.17, 15) is 0 Å². The summed E-state index contributed by atoms with van der Waals surface area (Å²) in [7, 11) is 0. The highest BCUT2D eigenvalue weighted by atomic mass is 32.1. The molecule has 1 fully saturated rings. The summed E-state index contributed by atoms with van der Waals surface area (Å²) >= 11 is 5.10. The van der Waals surface area contributed by atoms with Gasteiger partial charge in [-0.25, -0.2) is 0 Å². The van der Waals surface area contributed by atoms with Crippen LogP contribution in [0.3, 0.4) is 0 Å². The van der Waals surface area contributed by atoms with E-state index in [0.29, 0.717) is 11.1 Å². The molecule has 3 nitrogen and oxygen atoms in total. The lowest BCUT2D eigenvalue weighted by Crippen LogP contribution is -2.37. The minimum absolute atomic E-state index is 0.0424. The molecule has 17 heavy (non-hydrogen) atoms. The second-order valence-corrected chi connectivity index (χ2v) is 5.97. The molecule has 0 aromatic rings. The Morgan fingerprint density at radius 3 is 2.71 bits per heavy atom. The zero-order valence-corrected chi connectivity index (χ0v) is 12.2. The maximum absolute atomic E-state index is 5.75. The fourth-order valence-electron chi connectivity index (χ4n) is 2.02. The van der Waals surface area contributed by atoms with Crippen LogP contribution in [0.15, 0.2) is 0 Å². The smallest absolute Gasteiger partial charge is 0.0784 e. The maximum Gasteiger partial charge on any atom is 0.0784 e. The first-order valence-corrected chi connectivity index (χ1v) is 7.00. The first kappa shape index (κ1) is 14.9. The highest BCUT2D eigenvalue weighted by Crippen LogP contribution is 2.21. The van der Waals surface area contributed by atoms with Gasteiger partial charge >= 0.3 is 0 Å². The Morgan fingerprint density at radius 1 is 1.53 bits per heavy atom. The van der Waals surface area contributed by atoms with E-state index in [4.69, 9.17) is 22.7 Å². The Labute approximate surface area is 111 Å². The molecule has 1 rings (SSSR count). The van der Waals surface area contributed by atoms with Crippen molar-refractivity contribution in [2.45, 2.75) is 46.1 Å². The molecule has 2 N–H and O–H groups in total. The van der Waals surface area contributed by atoms with Gasteiger partial charge in [0, 0.05) is 18.6 Å². The molecule has 1 aliphatic rings. The van der Waals surface area contributed by atoms with Crippen molar-refractivity contribution in [1.82, 2.24) is 4.90 Å². The summed E-state index contributed by atoms with van der Waals surface area (Å²) in [5, 5.41) is 0. The molecule has 0 saturated carbocycles. The number of hydrogen-bond donors (Lipinski definition) is 1. The molecular weight excluding hydrogens is 232 g/mol. The van der Waals surface area contributed by atoms with Crippen LogP contribution >= 0.6 is 12.2 Å². The standard InChI is InChI=1S/C13H26N2OS/c1-4-15(10-11-6-5-9-16-11)8-7-13(2,3)12(14)17/h11H,4-10H2,1-3H3,(H2,14,17). The molecule has 100 valence electrons. The van der Waals surface area contributed by atoms with Crippen molar-refractivity contribution in [3.05, 3.63) is 0 Å². The third-order valence-electron chi connectivity index (χ3n) is 3.65. The van der Waals surface area contributed by atoms with Crippen molar-refractivity contribution in [2.24, 2.45) is 11.1 Å². The average molecular weight is 258 g/mol. The summed E-state index contributed by atoms with van der Waals surface area (Å²) in [6.07, 6.45) is 3.86. The van der Waals surface area contributed by atoms with Gasteiger partial charge in [-0.2, -0.15) is 0 Å². The molecule has 0 radical (unpaired) electrons. The predicted octanol–water partition coefficient (Wildman–Crippen LogP) is 2.19. The molecule has 1 saturated heterocycles. The van der Waals surface area contributed by atoms with E-state index >= 15 is 0 Å². The molecule has 0 aromatic heterocycles. The molecule has 0 spiro atoms. The molecule has 0 aromatic carbocycles. The molecule has 1 unspecified atom stereocenters. The third kappa shape index (κ3) is 4.90. The Bertz CT molecular complexity index is 250. The Kier molecular flexibility index (Phi) is 5.83. The van der Waals surface area contributed by atoms with Crippen LogP contribution in [0.25, 0.3) is 0 Å². The van der Waals surface area contributed by atoms with Gasteiger partial charge in [0.15, 0.2) is 0 Å². The third-order valence-corrected chi connectivity index (χ3v) is 4.21. The van der Waals surface area contributed by atoms with Gasteiger partial charge in [-0.15, -0.1) is 0 Å². The summed E-state index contributed by atoms with van der Waals surface area (Å²) in [4.78, 5) is 3.06. The van der Waals surface area contributed by atoms with Gasteiger partial charge in [-0.05, 0) is 32.4 Å². The van der Waals surface area contributed by atoms with Gasteiger partial charge in [0.2, 0.25) is 0 Å². The second kappa shape index (κ2) is 6.66. The average Bonchev–Trinajstić information content (AvgIpc) is 2.76. The number of hydrogen-bond acceptors (Lipinski definition) is 3. The summed E-state index contributed by atoms with van der Waals surface area (Å²) in [6, 6.07) is 0. The van der Waals surface area contributed by atoms with Crippen molar-refractivity contribution in [3.63, 3.8) is 0 Å². The predicted molar refractivity (Wildman–Crippen MR) is 76.3 cm³/mol. The van der Waals surface area contributed by atoms with Gasteiger partial charge in [-0.3, -0.25) is 0 Å². The minimum Gasteiger partial charge on any atom is -0.393 e. The second-order valence-electron chi connectivity index (χ2n) is 5.53. The quantitative estimate of drug-likeness (QED) is 0.711. The van der Waals surface area contributed by atoms with Gasteiger partial charge in [0.1, 0.15) is 0 Å². The van der Waals surface area contributed by atoms with Crippen LogP contribution in [0.2, 0.25) is 0 Å². The first-order chi connectivity index (χ1) is 7.95. The lowest BCUT2D eigenvalue weighted by atomic mass is 9.89. The Hall–Kier alpha value is -0.190. The van der Waals surface area contributed by atoms with Gasteiger partial charge in [0.05, 0.1) is 11.1 Å². The fourth-order valence-corrected chi connectivity index (χ4v) is 2.12. The highest BCUT2D eigenvalue weighted by Gasteiger charge is 2.24. The van der Waals surface area contributed by atoms with E-state index in [-0.39, 0.29) is 5.41 Å². The normalized spacial score (nSPS) is 21.1. The van der Waals surface area contributed by atoms with Crippen LogP contribution in [0, 0.1) is 5.41 Å². The van der Waals surface area contributed by atoms with Crippen LogP contribution in [-0.2, 0) is 4.74 Å². The lowest BCUT2D eigenvalue weighted by molar-refractivity contribution is 0.0724. The number of likely N-dealkylation sites (N-methyl/N-ethyl adjacent to an activating group) is 1. The SMILES string of the molecule is CCN(CCC(C)(C)C(N)=S)CC1CCCO1. The zero-order valence-electron chi connectivity index (χ0n) is 11.4. The summed E-state index contributed by atoms with van der Waals surface area (Å²) in [5.74, 6) is 0. The van der Waals surface area contributed by atoms with E-state index < -0.39 is 0 Å². The summed E-state index contributed by atoms with van der Waals surface area (Å²) < 4.78 is 5.67. The van der Waals surface area contributed by atoms with Gasteiger partial charge in [0.25, 0.3) is 0 Å². The maximum atomic E-state index is 5.75. The van der Waals surface area contributed by atoms with E-state index in [1.54, 1.807) is 0 Å². The molecule has 0 amide bonds. The molecular formula is C13H26N2OS. The number of nitrogens with zero attached hydrogens (tertiary/aromatic N) is 1. The van der Waals surface area contributed by atoms with Crippen LogP contribution in [0.5, 0.6) is 0 Å². The van der Waals surface area contributed by atoms with Crippen molar-refractivity contribution < 1.29 is 4.74 Å². The molecule has 1 atom stereocenters. The van der Waals surface area contributed by atoms with Crippen LogP contribution in [-0.4, -0.2) is 42.2 Å². The number of rotatable bonds is 7. The fraction of sp³-hybridized carbons (Fsp3) is 0.923. The van der Waals surface area contributed by atoms with Gasteiger partial charge < -0.3 is 15.4 Å². The van der Waals surface area contributed by atoms with Crippen molar-refractivity contribution in [1.29, 1.82) is 0 Å².